The van der Waals surface area contributed by atoms with Gasteiger partial charge in [-0.05, 0) is 37.7 Å². The maximum Gasteiger partial charge on any atom is 0.233 e. The monoisotopic (exact) mass is 319 g/mol. The van der Waals surface area contributed by atoms with Gasteiger partial charge in [-0.15, -0.1) is 11.3 Å². The largest absolute Gasteiger partial charge is 0.355 e. The van der Waals surface area contributed by atoms with Crippen molar-refractivity contribution in [2.45, 2.75) is 48.8 Å². The number of rotatable bonds is 2. The fraction of sp³-hybridized carbons (Fsp3) is 0.533. The van der Waals surface area contributed by atoms with Crippen molar-refractivity contribution in [1.29, 1.82) is 0 Å². The first-order valence-corrected chi connectivity index (χ1v) is 9.22. The number of carbonyl (C=O) groups is 1. The van der Waals surface area contributed by atoms with Gasteiger partial charge in [0.05, 0.1) is 5.25 Å². The fourth-order valence-electron chi connectivity index (χ4n) is 3.15. The first-order chi connectivity index (χ1) is 10.3. The van der Waals surface area contributed by atoms with Gasteiger partial charge in [0, 0.05) is 16.8 Å². The molecule has 110 valence electrons. The summed E-state index contributed by atoms with van der Waals surface area (Å²) in [6, 6.07) is 0. The first kappa shape index (κ1) is 13.5. The molecule has 1 amide bonds. The molecule has 1 saturated heterocycles. The van der Waals surface area contributed by atoms with Gasteiger partial charge in [-0.1, -0.05) is 18.2 Å². The van der Waals surface area contributed by atoms with Crippen LogP contribution in [0.5, 0.6) is 0 Å². The van der Waals surface area contributed by atoms with E-state index in [1.54, 1.807) is 29.4 Å². The maximum absolute atomic E-state index is 12.2. The topological polar surface area (TPSA) is 54.9 Å². The maximum atomic E-state index is 12.2. The lowest BCUT2D eigenvalue weighted by atomic mass is 10.2. The second-order valence-corrected chi connectivity index (χ2v) is 7.88. The molecule has 2 aliphatic rings. The third-order valence-corrected chi connectivity index (χ3v) is 6.67. The van der Waals surface area contributed by atoms with Crippen molar-refractivity contribution in [2.24, 2.45) is 0 Å². The summed E-state index contributed by atoms with van der Waals surface area (Å²) in [5.41, 5.74) is 1.44. The van der Waals surface area contributed by atoms with Crippen LogP contribution in [0, 0.1) is 0 Å². The third kappa shape index (κ3) is 2.44. The minimum atomic E-state index is -0.0115. The minimum Gasteiger partial charge on any atom is -0.355 e. The van der Waals surface area contributed by atoms with E-state index in [1.165, 1.54) is 28.7 Å². The molecule has 0 aromatic carbocycles. The molecule has 1 atom stereocenters. The molecule has 2 aromatic rings. The molecule has 0 unspecified atom stereocenters. The summed E-state index contributed by atoms with van der Waals surface area (Å²) >= 11 is 3.43. The summed E-state index contributed by atoms with van der Waals surface area (Å²) in [7, 11) is 0. The van der Waals surface area contributed by atoms with Crippen LogP contribution in [0.25, 0.3) is 10.2 Å². The van der Waals surface area contributed by atoms with Gasteiger partial charge < -0.3 is 5.32 Å². The number of aromatic nitrogens is 2. The highest BCUT2D eigenvalue weighted by Gasteiger charge is 2.26. The SMILES string of the molecule is O=C1NCCCC[C@H]1Sc1ncnc2sc3c(c12)CCC3. The molecule has 6 heteroatoms. The number of amides is 1. The zero-order valence-electron chi connectivity index (χ0n) is 11.7. The van der Waals surface area contributed by atoms with E-state index in [2.05, 4.69) is 15.3 Å². The Morgan fingerprint density at radius 1 is 1.24 bits per heavy atom. The molecule has 1 aliphatic heterocycles. The predicted molar refractivity (Wildman–Crippen MR) is 85.9 cm³/mol. The Labute approximate surface area is 131 Å². The Morgan fingerprint density at radius 3 is 3.14 bits per heavy atom. The van der Waals surface area contributed by atoms with Gasteiger partial charge in [-0.2, -0.15) is 0 Å². The lowest BCUT2D eigenvalue weighted by Crippen LogP contribution is -2.30. The number of fused-ring (bicyclic) bond motifs is 3. The van der Waals surface area contributed by atoms with Crippen molar-refractivity contribution in [3.8, 4) is 0 Å². The number of carbonyl (C=O) groups excluding carboxylic acids is 1. The highest BCUT2D eigenvalue weighted by atomic mass is 32.2. The third-order valence-electron chi connectivity index (χ3n) is 4.21. The smallest absolute Gasteiger partial charge is 0.233 e. The number of thioether (sulfide) groups is 1. The summed E-state index contributed by atoms with van der Waals surface area (Å²) in [6.07, 6.45) is 8.30. The van der Waals surface area contributed by atoms with Crippen LogP contribution in [0.2, 0.25) is 0 Å². The highest BCUT2D eigenvalue weighted by molar-refractivity contribution is 8.00. The molecule has 0 radical (unpaired) electrons. The lowest BCUT2D eigenvalue weighted by Gasteiger charge is -2.12. The number of nitrogens with one attached hydrogen (secondary N) is 1. The van der Waals surface area contributed by atoms with Crippen LogP contribution in [0.4, 0.5) is 0 Å². The van der Waals surface area contributed by atoms with E-state index in [4.69, 9.17) is 0 Å². The molecule has 1 N–H and O–H groups in total. The number of hydrogen-bond acceptors (Lipinski definition) is 5. The van der Waals surface area contributed by atoms with E-state index in [9.17, 15) is 4.79 Å². The highest BCUT2D eigenvalue weighted by Crippen LogP contribution is 2.41. The number of nitrogens with zero attached hydrogens (tertiary/aromatic N) is 2. The minimum absolute atomic E-state index is 0.0115. The van der Waals surface area contributed by atoms with Gasteiger partial charge in [0.15, 0.2) is 0 Å². The number of thiophene rings is 1. The van der Waals surface area contributed by atoms with Gasteiger partial charge in [-0.25, -0.2) is 9.97 Å². The quantitative estimate of drug-likeness (QED) is 0.865. The zero-order valence-corrected chi connectivity index (χ0v) is 13.4. The summed E-state index contributed by atoms with van der Waals surface area (Å²) in [5, 5.41) is 5.22. The van der Waals surface area contributed by atoms with E-state index in [-0.39, 0.29) is 11.2 Å². The van der Waals surface area contributed by atoms with Crippen LogP contribution in [0.1, 0.15) is 36.1 Å². The Hall–Kier alpha value is -1.14. The average molecular weight is 319 g/mol. The molecule has 4 rings (SSSR count). The molecular weight excluding hydrogens is 302 g/mol. The Balaban J connectivity index is 1.71. The normalized spacial score (nSPS) is 22.1. The molecule has 4 nitrogen and oxygen atoms in total. The average Bonchev–Trinajstić information content (AvgIpc) is 3.00. The summed E-state index contributed by atoms with van der Waals surface area (Å²) in [6.45, 7) is 0.808. The Morgan fingerprint density at radius 2 is 2.19 bits per heavy atom. The molecular formula is C15H17N3OS2. The van der Waals surface area contributed by atoms with Gasteiger partial charge in [0.2, 0.25) is 5.91 Å². The molecule has 3 heterocycles. The number of hydrogen-bond donors (Lipinski definition) is 1. The van der Waals surface area contributed by atoms with Crippen LogP contribution >= 0.6 is 23.1 Å². The van der Waals surface area contributed by atoms with Gasteiger partial charge >= 0.3 is 0 Å². The van der Waals surface area contributed by atoms with E-state index < -0.39 is 0 Å². The van der Waals surface area contributed by atoms with Gasteiger partial charge in [-0.3, -0.25) is 4.79 Å². The number of aryl methyl sites for hydroxylation is 2. The van der Waals surface area contributed by atoms with Crippen molar-refractivity contribution < 1.29 is 4.79 Å². The van der Waals surface area contributed by atoms with Gasteiger partial charge in [0.1, 0.15) is 16.2 Å². The molecule has 0 spiro atoms. The van der Waals surface area contributed by atoms with Gasteiger partial charge in [0.25, 0.3) is 0 Å². The summed E-state index contributed by atoms with van der Waals surface area (Å²) in [4.78, 5) is 23.6. The van der Waals surface area contributed by atoms with E-state index in [0.29, 0.717) is 0 Å². The Bertz CT molecular complexity index is 698. The molecule has 21 heavy (non-hydrogen) atoms. The van der Waals surface area contributed by atoms with Crippen molar-refractivity contribution in [1.82, 2.24) is 15.3 Å². The first-order valence-electron chi connectivity index (χ1n) is 7.52. The van der Waals surface area contributed by atoms with Crippen molar-refractivity contribution in [2.75, 3.05) is 6.54 Å². The van der Waals surface area contributed by atoms with Crippen LogP contribution in [-0.4, -0.2) is 27.7 Å². The predicted octanol–water partition coefficient (Wildman–Crippen LogP) is 2.94. The summed E-state index contributed by atoms with van der Waals surface area (Å²) < 4.78 is 0. The second-order valence-electron chi connectivity index (χ2n) is 5.61. The van der Waals surface area contributed by atoms with Crippen LogP contribution < -0.4 is 5.32 Å². The van der Waals surface area contributed by atoms with E-state index in [1.807, 2.05) is 0 Å². The second kappa shape index (κ2) is 5.57. The van der Waals surface area contributed by atoms with Crippen molar-refractivity contribution in [3.63, 3.8) is 0 Å². The Kier molecular flexibility index (Phi) is 3.59. The molecule has 0 saturated carbocycles. The fourth-order valence-corrected chi connectivity index (χ4v) is 5.63. The van der Waals surface area contributed by atoms with E-state index >= 15 is 0 Å². The molecule has 0 bridgehead atoms. The lowest BCUT2D eigenvalue weighted by molar-refractivity contribution is -0.120. The van der Waals surface area contributed by atoms with Crippen LogP contribution in [-0.2, 0) is 17.6 Å². The van der Waals surface area contributed by atoms with Crippen molar-refractivity contribution in [3.05, 3.63) is 16.8 Å². The van der Waals surface area contributed by atoms with Crippen LogP contribution in [0.15, 0.2) is 11.4 Å². The zero-order chi connectivity index (χ0) is 14.2. The van der Waals surface area contributed by atoms with E-state index in [0.717, 1.165) is 42.1 Å². The molecule has 2 aromatic heterocycles. The summed E-state index contributed by atoms with van der Waals surface area (Å²) in [5.74, 6) is 0.163. The van der Waals surface area contributed by atoms with Crippen molar-refractivity contribution >= 4 is 39.2 Å². The van der Waals surface area contributed by atoms with Crippen LogP contribution in [0.3, 0.4) is 0 Å². The standard InChI is InChI=1S/C15H17N3OS2/c19-13-11(5-1-2-7-16-13)21-15-12-9-4-3-6-10(9)20-14(12)17-8-18-15/h8,11H,1-7H2,(H,16,19)/t11-/m1/s1. The molecule has 1 aliphatic carbocycles. The molecule has 1 fully saturated rings.